The minimum absolute atomic E-state index is 0.155. The van der Waals surface area contributed by atoms with Gasteiger partial charge in [0.05, 0.1) is 18.0 Å². The van der Waals surface area contributed by atoms with Gasteiger partial charge in [0.2, 0.25) is 5.88 Å². The molecule has 0 unspecified atom stereocenters. The van der Waals surface area contributed by atoms with Crippen LogP contribution in [0.1, 0.15) is 32.3 Å². The Labute approximate surface area is 173 Å². The third kappa shape index (κ3) is 5.45. The smallest absolute Gasteiger partial charge is 0.410 e. The summed E-state index contributed by atoms with van der Waals surface area (Å²) in [6.07, 6.45) is 3.47. The van der Waals surface area contributed by atoms with Crippen LogP contribution in [0.25, 0.3) is 0 Å². The molecule has 3 heterocycles. The maximum absolute atomic E-state index is 12.0. The highest BCUT2D eigenvalue weighted by Crippen LogP contribution is 2.27. The molecular formula is C19H21ClN6O3. The van der Waals surface area contributed by atoms with Crippen LogP contribution >= 0.6 is 11.6 Å². The summed E-state index contributed by atoms with van der Waals surface area (Å²) in [7, 11) is 0. The van der Waals surface area contributed by atoms with E-state index in [1.54, 1.807) is 17.0 Å². The molecule has 1 N–H and O–H groups in total. The van der Waals surface area contributed by atoms with Gasteiger partial charge in [-0.3, -0.25) is 0 Å². The summed E-state index contributed by atoms with van der Waals surface area (Å²) in [6, 6.07) is 5.45. The number of nitrogens with one attached hydrogen (secondary N) is 1. The van der Waals surface area contributed by atoms with Gasteiger partial charge in [0.1, 0.15) is 23.7 Å². The van der Waals surface area contributed by atoms with Gasteiger partial charge in [-0.1, -0.05) is 11.6 Å². The summed E-state index contributed by atoms with van der Waals surface area (Å²) in [5, 5.41) is 13.0. The zero-order valence-corrected chi connectivity index (χ0v) is 16.9. The molecule has 1 saturated heterocycles. The van der Waals surface area contributed by atoms with Crippen molar-refractivity contribution in [3.8, 4) is 11.9 Å². The maximum Gasteiger partial charge on any atom is 0.410 e. The Bertz CT molecular complexity index is 892. The minimum atomic E-state index is -0.318. The van der Waals surface area contributed by atoms with Crippen molar-refractivity contribution in [2.45, 2.75) is 38.9 Å². The van der Waals surface area contributed by atoms with E-state index >= 15 is 0 Å². The Morgan fingerprint density at radius 1 is 1.31 bits per heavy atom. The molecule has 3 rings (SSSR count). The largest absolute Gasteiger partial charge is 0.473 e. The number of nitrogens with zero attached hydrogens (tertiary/aromatic N) is 5. The van der Waals surface area contributed by atoms with Gasteiger partial charge >= 0.3 is 6.09 Å². The van der Waals surface area contributed by atoms with Crippen molar-refractivity contribution in [2.75, 3.05) is 18.4 Å². The molecule has 1 aliphatic rings. The van der Waals surface area contributed by atoms with E-state index in [1.807, 2.05) is 13.8 Å². The van der Waals surface area contributed by atoms with Crippen LogP contribution in [0.2, 0.25) is 5.15 Å². The Balaban J connectivity index is 1.65. The Morgan fingerprint density at radius 3 is 2.69 bits per heavy atom. The van der Waals surface area contributed by atoms with Crippen LogP contribution in [0, 0.1) is 11.3 Å². The highest BCUT2D eigenvalue weighted by Gasteiger charge is 2.26. The topological polar surface area (TPSA) is 113 Å². The minimum Gasteiger partial charge on any atom is -0.473 e. The normalized spacial score (nSPS) is 14.4. The van der Waals surface area contributed by atoms with Gasteiger partial charge in [0.15, 0.2) is 11.4 Å². The summed E-state index contributed by atoms with van der Waals surface area (Å²) in [5.74, 6) is 0.523. The van der Waals surface area contributed by atoms with Crippen LogP contribution < -0.4 is 10.1 Å². The number of piperidine rings is 1. The van der Waals surface area contributed by atoms with Crippen molar-refractivity contribution in [1.82, 2.24) is 19.9 Å². The van der Waals surface area contributed by atoms with E-state index < -0.39 is 0 Å². The second-order valence-corrected chi connectivity index (χ2v) is 7.13. The first-order chi connectivity index (χ1) is 14.0. The lowest BCUT2D eigenvalue weighted by Gasteiger charge is -2.31. The van der Waals surface area contributed by atoms with Gasteiger partial charge < -0.3 is 19.7 Å². The fraction of sp³-hybridized carbons (Fsp3) is 0.421. The quantitative estimate of drug-likeness (QED) is 0.736. The number of aromatic nitrogens is 3. The molecule has 10 heteroatoms. The van der Waals surface area contributed by atoms with Crippen LogP contribution in [-0.2, 0) is 4.74 Å². The number of rotatable bonds is 5. The van der Waals surface area contributed by atoms with E-state index in [1.165, 1.54) is 12.5 Å². The van der Waals surface area contributed by atoms with Crippen LogP contribution in [0.15, 0.2) is 24.7 Å². The molecule has 1 fully saturated rings. The Hall–Kier alpha value is -3.12. The lowest BCUT2D eigenvalue weighted by atomic mass is 10.1. The number of nitriles is 1. The van der Waals surface area contributed by atoms with Crippen LogP contribution in [-0.4, -0.2) is 51.2 Å². The van der Waals surface area contributed by atoms with E-state index in [4.69, 9.17) is 21.1 Å². The third-order valence-electron chi connectivity index (χ3n) is 4.23. The van der Waals surface area contributed by atoms with Gasteiger partial charge in [0, 0.05) is 25.9 Å². The fourth-order valence-corrected chi connectivity index (χ4v) is 2.94. The molecule has 1 aliphatic heterocycles. The number of anilines is 2. The molecule has 2 aromatic heterocycles. The molecule has 9 nitrogen and oxygen atoms in total. The number of carbonyl (C=O) groups is 1. The molecule has 152 valence electrons. The van der Waals surface area contributed by atoms with Gasteiger partial charge in [-0.25, -0.2) is 19.7 Å². The summed E-state index contributed by atoms with van der Waals surface area (Å²) in [4.78, 5) is 25.9. The maximum atomic E-state index is 12.0. The van der Waals surface area contributed by atoms with E-state index in [-0.39, 0.29) is 29.7 Å². The zero-order chi connectivity index (χ0) is 20.8. The van der Waals surface area contributed by atoms with Crippen molar-refractivity contribution in [3.05, 3.63) is 35.4 Å². The van der Waals surface area contributed by atoms with Crippen molar-refractivity contribution in [1.29, 1.82) is 5.26 Å². The highest BCUT2D eigenvalue weighted by atomic mass is 35.5. The predicted octanol–water partition coefficient (Wildman–Crippen LogP) is 3.53. The second-order valence-electron chi connectivity index (χ2n) is 6.75. The van der Waals surface area contributed by atoms with E-state index in [0.717, 1.165) is 0 Å². The summed E-state index contributed by atoms with van der Waals surface area (Å²) in [5.41, 5.74) is 0.830. The Morgan fingerprint density at radius 2 is 2.07 bits per heavy atom. The van der Waals surface area contributed by atoms with Crippen LogP contribution in [0.5, 0.6) is 5.88 Å². The first-order valence-corrected chi connectivity index (χ1v) is 9.60. The first kappa shape index (κ1) is 20.6. The van der Waals surface area contributed by atoms with Crippen LogP contribution in [0.3, 0.4) is 0 Å². The summed E-state index contributed by atoms with van der Waals surface area (Å²) in [6.45, 7) is 4.67. The molecule has 0 spiro atoms. The van der Waals surface area contributed by atoms with Gasteiger partial charge in [-0.2, -0.15) is 5.26 Å². The zero-order valence-electron chi connectivity index (χ0n) is 16.1. The highest BCUT2D eigenvalue weighted by molar-refractivity contribution is 6.29. The lowest BCUT2D eigenvalue weighted by Crippen LogP contribution is -2.42. The number of hydrogen-bond acceptors (Lipinski definition) is 8. The number of amides is 1. The van der Waals surface area contributed by atoms with Gasteiger partial charge in [-0.05, 0) is 26.0 Å². The van der Waals surface area contributed by atoms with Crippen molar-refractivity contribution in [3.63, 3.8) is 0 Å². The monoisotopic (exact) mass is 416 g/mol. The molecular weight excluding hydrogens is 396 g/mol. The molecule has 0 atom stereocenters. The molecule has 0 radical (unpaired) electrons. The molecule has 0 aliphatic carbocycles. The summed E-state index contributed by atoms with van der Waals surface area (Å²) >= 11 is 5.79. The number of halogens is 1. The van der Waals surface area contributed by atoms with Crippen LogP contribution in [0.4, 0.5) is 16.3 Å². The molecule has 2 aromatic rings. The third-order valence-corrected chi connectivity index (χ3v) is 4.45. The van der Waals surface area contributed by atoms with E-state index in [2.05, 4.69) is 26.3 Å². The number of hydrogen-bond donors (Lipinski definition) is 1. The Kier molecular flexibility index (Phi) is 6.67. The predicted molar refractivity (Wildman–Crippen MR) is 106 cm³/mol. The van der Waals surface area contributed by atoms with Crippen molar-refractivity contribution in [2.24, 2.45) is 0 Å². The van der Waals surface area contributed by atoms with E-state index in [9.17, 15) is 10.1 Å². The van der Waals surface area contributed by atoms with Gasteiger partial charge in [-0.15, -0.1) is 0 Å². The van der Waals surface area contributed by atoms with Crippen molar-refractivity contribution < 1.29 is 14.3 Å². The average Bonchev–Trinajstić information content (AvgIpc) is 2.70. The first-order valence-electron chi connectivity index (χ1n) is 9.22. The summed E-state index contributed by atoms with van der Waals surface area (Å²) < 4.78 is 11.2. The lowest BCUT2D eigenvalue weighted by molar-refractivity contribution is 0.0506. The van der Waals surface area contributed by atoms with Gasteiger partial charge in [0.25, 0.3) is 0 Å². The molecule has 0 aromatic carbocycles. The molecule has 1 amide bonds. The SMILES string of the molecule is CC(C)OC(=O)N1CCC(Oc2ncnc(Nc3ccc(Cl)nc3)c2C#N)CC1. The number of carbonyl (C=O) groups excluding carboxylic acids is 1. The molecule has 0 saturated carbocycles. The molecule has 29 heavy (non-hydrogen) atoms. The van der Waals surface area contributed by atoms with E-state index in [0.29, 0.717) is 42.6 Å². The number of ether oxygens (including phenoxy) is 2. The molecule has 0 bridgehead atoms. The fourth-order valence-electron chi connectivity index (χ4n) is 2.83. The number of pyridine rings is 1. The number of likely N-dealkylation sites (tertiary alicyclic amines) is 1. The van der Waals surface area contributed by atoms with Crippen molar-refractivity contribution >= 4 is 29.2 Å². The average molecular weight is 417 g/mol. The standard InChI is InChI=1S/C19H21ClN6O3/c1-12(2)28-19(27)26-7-5-14(6-8-26)29-18-15(9-21)17(23-11-24-18)25-13-3-4-16(20)22-10-13/h3-4,10-12,14H,5-8H2,1-2H3,(H,23,24,25). The second kappa shape index (κ2) is 9.39.